The molecule has 5 heteroatoms. The fraction of sp³-hybridized carbons (Fsp3) is 0.368. The molecule has 0 saturated carbocycles. The lowest BCUT2D eigenvalue weighted by atomic mass is 10.1. The lowest BCUT2D eigenvalue weighted by Crippen LogP contribution is -2.33. The molecule has 3 aromatic rings. The largest absolute Gasteiger partial charge is 0.332 e. The van der Waals surface area contributed by atoms with Gasteiger partial charge < -0.3 is 9.47 Å². The maximum absolute atomic E-state index is 12.8. The Kier molecular flexibility index (Phi) is 4.10. The summed E-state index contributed by atoms with van der Waals surface area (Å²) in [4.78, 5) is 19.7. The van der Waals surface area contributed by atoms with Crippen molar-refractivity contribution >= 4 is 28.3 Å². The van der Waals surface area contributed by atoms with Gasteiger partial charge in [-0.2, -0.15) is 11.3 Å². The van der Waals surface area contributed by atoms with Gasteiger partial charge in [0.15, 0.2) is 0 Å². The van der Waals surface area contributed by atoms with E-state index in [4.69, 9.17) is 4.98 Å². The first-order valence-corrected chi connectivity index (χ1v) is 9.48. The fourth-order valence-electron chi connectivity index (χ4n) is 3.68. The van der Waals surface area contributed by atoms with Crippen molar-refractivity contribution in [2.45, 2.75) is 38.8 Å². The third-order valence-electron chi connectivity index (χ3n) is 4.81. The van der Waals surface area contributed by atoms with Gasteiger partial charge in [-0.3, -0.25) is 4.79 Å². The highest BCUT2D eigenvalue weighted by atomic mass is 32.1. The van der Waals surface area contributed by atoms with E-state index in [1.54, 1.807) is 11.3 Å². The number of nitrogens with zero attached hydrogens (tertiary/aromatic N) is 3. The summed E-state index contributed by atoms with van der Waals surface area (Å²) in [5.74, 6) is 1.25. The van der Waals surface area contributed by atoms with Crippen LogP contribution in [0.4, 0.5) is 0 Å². The first-order chi connectivity index (χ1) is 11.8. The van der Waals surface area contributed by atoms with Gasteiger partial charge in [-0.05, 0) is 54.3 Å². The van der Waals surface area contributed by atoms with Crippen molar-refractivity contribution in [2.75, 3.05) is 6.54 Å². The number of aromatic nitrogens is 2. The zero-order valence-corrected chi connectivity index (χ0v) is 14.6. The lowest BCUT2D eigenvalue weighted by molar-refractivity contribution is -0.131. The van der Waals surface area contributed by atoms with E-state index in [2.05, 4.69) is 29.0 Å². The van der Waals surface area contributed by atoms with Gasteiger partial charge in [-0.15, -0.1) is 0 Å². The summed E-state index contributed by atoms with van der Waals surface area (Å²) in [5, 5.41) is 4.09. The maximum atomic E-state index is 12.8. The zero-order chi connectivity index (χ0) is 16.5. The number of imidazole rings is 1. The van der Waals surface area contributed by atoms with Gasteiger partial charge in [0.2, 0.25) is 5.91 Å². The van der Waals surface area contributed by atoms with Gasteiger partial charge in [-0.1, -0.05) is 12.1 Å². The Bertz CT molecular complexity index is 853. The van der Waals surface area contributed by atoms with Crippen molar-refractivity contribution in [3.05, 3.63) is 52.5 Å². The van der Waals surface area contributed by atoms with E-state index in [-0.39, 0.29) is 11.9 Å². The van der Waals surface area contributed by atoms with E-state index >= 15 is 0 Å². The summed E-state index contributed by atoms with van der Waals surface area (Å²) >= 11 is 1.64. The Labute approximate surface area is 145 Å². The van der Waals surface area contributed by atoms with Crippen molar-refractivity contribution in [3.8, 4) is 0 Å². The maximum Gasteiger partial charge on any atom is 0.227 e. The Morgan fingerprint density at radius 1 is 1.33 bits per heavy atom. The van der Waals surface area contributed by atoms with Crippen LogP contribution in [0.1, 0.15) is 37.2 Å². The first-order valence-electron chi connectivity index (χ1n) is 8.53. The highest BCUT2D eigenvalue weighted by molar-refractivity contribution is 7.08. The summed E-state index contributed by atoms with van der Waals surface area (Å²) in [6.07, 6.45) is 2.54. The Balaban J connectivity index is 1.66. The summed E-state index contributed by atoms with van der Waals surface area (Å²) in [7, 11) is 0. The van der Waals surface area contributed by atoms with Gasteiger partial charge in [0.1, 0.15) is 5.82 Å². The SMILES string of the molecule is CCn1c([C@H]2CCCN2C(=O)Cc2ccsc2)nc2ccccc21. The summed E-state index contributed by atoms with van der Waals surface area (Å²) < 4.78 is 2.26. The molecule has 1 saturated heterocycles. The molecule has 0 spiro atoms. The number of amides is 1. The molecule has 1 fully saturated rings. The molecular formula is C19H21N3OS. The molecule has 1 amide bonds. The van der Waals surface area contributed by atoms with E-state index in [1.165, 1.54) is 0 Å². The molecule has 24 heavy (non-hydrogen) atoms. The molecule has 0 radical (unpaired) electrons. The fourth-order valence-corrected chi connectivity index (χ4v) is 4.35. The van der Waals surface area contributed by atoms with Crippen LogP contribution in [-0.4, -0.2) is 26.9 Å². The van der Waals surface area contributed by atoms with Gasteiger partial charge in [-0.25, -0.2) is 4.98 Å². The van der Waals surface area contributed by atoms with Crippen LogP contribution in [-0.2, 0) is 17.8 Å². The molecule has 3 heterocycles. The van der Waals surface area contributed by atoms with Gasteiger partial charge >= 0.3 is 0 Å². The van der Waals surface area contributed by atoms with E-state index in [0.717, 1.165) is 48.4 Å². The minimum Gasteiger partial charge on any atom is -0.332 e. The second-order valence-corrected chi connectivity index (χ2v) is 7.04. The Hall–Kier alpha value is -2.14. The molecule has 124 valence electrons. The van der Waals surface area contributed by atoms with E-state index in [0.29, 0.717) is 6.42 Å². The number of hydrogen-bond donors (Lipinski definition) is 0. The monoisotopic (exact) mass is 339 g/mol. The number of aryl methyl sites for hydroxylation is 1. The number of benzene rings is 1. The van der Waals surface area contributed by atoms with Crippen LogP contribution in [0.15, 0.2) is 41.1 Å². The van der Waals surface area contributed by atoms with Crippen LogP contribution >= 0.6 is 11.3 Å². The summed E-state index contributed by atoms with van der Waals surface area (Å²) in [6.45, 7) is 3.85. The number of thiophene rings is 1. The molecule has 0 unspecified atom stereocenters. The average Bonchev–Trinajstić information content (AvgIpc) is 3.33. The van der Waals surface area contributed by atoms with Crippen molar-refractivity contribution in [1.82, 2.24) is 14.5 Å². The van der Waals surface area contributed by atoms with Crippen molar-refractivity contribution < 1.29 is 4.79 Å². The van der Waals surface area contributed by atoms with Crippen LogP contribution in [0.2, 0.25) is 0 Å². The van der Waals surface area contributed by atoms with E-state index < -0.39 is 0 Å². The molecule has 2 aromatic heterocycles. The summed E-state index contributed by atoms with van der Waals surface area (Å²) in [6, 6.07) is 10.4. The molecule has 0 aliphatic carbocycles. The van der Waals surface area contributed by atoms with E-state index in [9.17, 15) is 4.79 Å². The normalized spacial score (nSPS) is 17.7. The molecule has 1 aromatic carbocycles. The van der Waals surface area contributed by atoms with Crippen molar-refractivity contribution in [1.29, 1.82) is 0 Å². The summed E-state index contributed by atoms with van der Waals surface area (Å²) in [5.41, 5.74) is 3.29. The standard InChI is InChI=1S/C19H21N3OS/c1-2-21-16-7-4-3-6-15(16)20-19(21)17-8-5-10-22(17)18(23)12-14-9-11-24-13-14/h3-4,6-7,9,11,13,17H,2,5,8,10,12H2,1H3/t17-/m1/s1. The van der Waals surface area contributed by atoms with Crippen LogP contribution in [0.25, 0.3) is 11.0 Å². The second-order valence-electron chi connectivity index (χ2n) is 6.26. The third-order valence-corrected chi connectivity index (χ3v) is 5.54. The van der Waals surface area contributed by atoms with Gasteiger partial charge in [0.05, 0.1) is 23.5 Å². The molecule has 0 bridgehead atoms. The predicted octanol–water partition coefficient (Wildman–Crippen LogP) is 4.02. The van der Waals surface area contributed by atoms with Crippen LogP contribution in [0.3, 0.4) is 0 Å². The molecule has 0 N–H and O–H groups in total. The molecular weight excluding hydrogens is 318 g/mol. The number of hydrogen-bond acceptors (Lipinski definition) is 3. The van der Waals surface area contributed by atoms with E-state index in [1.807, 2.05) is 28.5 Å². The zero-order valence-electron chi connectivity index (χ0n) is 13.8. The molecule has 4 rings (SSSR count). The van der Waals surface area contributed by atoms with Crippen LogP contribution < -0.4 is 0 Å². The highest BCUT2D eigenvalue weighted by Gasteiger charge is 2.33. The number of carbonyl (C=O) groups excluding carboxylic acids is 1. The third kappa shape index (κ3) is 2.63. The van der Waals surface area contributed by atoms with Gasteiger partial charge in [0.25, 0.3) is 0 Å². The number of carbonyl (C=O) groups is 1. The molecule has 1 atom stereocenters. The van der Waals surface area contributed by atoms with Crippen molar-refractivity contribution in [2.24, 2.45) is 0 Å². The Morgan fingerprint density at radius 3 is 3.00 bits per heavy atom. The number of para-hydroxylation sites is 2. The predicted molar refractivity (Wildman–Crippen MR) is 97.1 cm³/mol. The molecule has 1 aliphatic rings. The highest BCUT2D eigenvalue weighted by Crippen LogP contribution is 2.34. The quantitative estimate of drug-likeness (QED) is 0.720. The number of fused-ring (bicyclic) bond motifs is 1. The van der Waals surface area contributed by atoms with Crippen LogP contribution in [0, 0.1) is 0 Å². The minimum atomic E-state index is 0.100. The molecule has 4 nitrogen and oxygen atoms in total. The Morgan fingerprint density at radius 2 is 2.21 bits per heavy atom. The molecule has 1 aliphatic heterocycles. The first kappa shape index (κ1) is 15.4. The van der Waals surface area contributed by atoms with Crippen LogP contribution in [0.5, 0.6) is 0 Å². The van der Waals surface area contributed by atoms with Gasteiger partial charge in [0, 0.05) is 13.1 Å². The number of rotatable bonds is 4. The smallest absolute Gasteiger partial charge is 0.227 e. The second kappa shape index (κ2) is 6.40. The minimum absolute atomic E-state index is 0.100. The van der Waals surface area contributed by atoms with Crippen molar-refractivity contribution in [3.63, 3.8) is 0 Å². The average molecular weight is 339 g/mol. The lowest BCUT2D eigenvalue weighted by Gasteiger charge is -2.25. The number of likely N-dealkylation sites (tertiary alicyclic amines) is 1. The topological polar surface area (TPSA) is 38.1 Å².